The Kier molecular flexibility index (Phi) is 4.58. The molecule has 0 atom stereocenters. The molecule has 1 aromatic carbocycles. The molecule has 0 saturated heterocycles. The summed E-state index contributed by atoms with van der Waals surface area (Å²) in [6.45, 7) is 4.66. The lowest BCUT2D eigenvalue weighted by Gasteiger charge is -1.95. The second kappa shape index (κ2) is 5.79. The van der Waals surface area contributed by atoms with Crippen LogP contribution in [0.1, 0.15) is 5.56 Å². The maximum absolute atomic E-state index is 5.81. The molecule has 0 N–H and O–H groups in total. The molecule has 0 heterocycles. The third kappa shape index (κ3) is 4.11. The van der Waals surface area contributed by atoms with Crippen molar-refractivity contribution in [2.75, 3.05) is 13.2 Å². The quantitative estimate of drug-likeness (QED) is 0.671. The fourth-order valence-corrected chi connectivity index (χ4v) is 1.14. The molecule has 0 aliphatic carbocycles. The molecular formula is C11H12ClO. The van der Waals surface area contributed by atoms with E-state index in [1.165, 1.54) is 0 Å². The molecule has 1 nitrogen and oxygen atoms in total. The first-order chi connectivity index (χ1) is 6.33. The molecule has 0 spiro atoms. The molecular weight excluding hydrogens is 184 g/mol. The average Bonchev–Trinajstić information content (AvgIpc) is 2.13. The van der Waals surface area contributed by atoms with Gasteiger partial charge in [-0.25, -0.2) is 0 Å². The standard InChI is InChI=1S/C11H12ClO/c1-2-13-8-4-6-10-5-3-7-11(12)9-10/h3-7,9H,1-2,8H2/b6-4+. The summed E-state index contributed by atoms with van der Waals surface area (Å²) >= 11 is 5.81. The van der Waals surface area contributed by atoms with Gasteiger partial charge >= 0.3 is 0 Å². The highest BCUT2D eigenvalue weighted by molar-refractivity contribution is 6.30. The molecule has 69 valence electrons. The molecule has 0 bridgehead atoms. The molecule has 0 fully saturated rings. The van der Waals surface area contributed by atoms with Crippen molar-refractivity contribution in [1.29, 1.82) is 0 Å². The Balaban J connectivity index is 2.48. The van der Waals surface area contributed by atoms with Gasteiger partial charge in [-0.1, -0.05) is 35.9 Å². The Morgan fingerprint density at radius 1 is 1.46 bits per heavy atom. The Labute approximate surface area is 84.0 Å². The van der Waals surface area contributed by atoms with Crippen molar-refractivity contribution >= 4 is 17.7 Å². The lowest BCUT2D eigenvalue weighted by atomic mass is 10.2. The lowest BCUT2D eigenvalue weighted by Crippen LogP contribution is -1.87. The van der Waals surface area contributed by atoms with Crippen molar-refractivity contribution in [1.82, 2.24) is 0 Å². The van der Waals surface area contributed by atoms with E-state index in [4.69, 9.17) is 16.3 Å². The fourth-order valence-electron chi connectivity index (χ4n) is 0.946. The van der Waals surface area contributed by atoms with Crippen molar-refractivity contribution in [3.63, 3.8) is 0 Å². The predicted octanol–water partition coefficient (Wildman–Crippen LogP) is 3.20. The molecule has 0 saturated carbocycles. The Hall–Kier alpha value is -0.790. The number of hydrogen-bond acceptors (Lipinski definition) is 1. The minimum Gasteiger partial charge on any atom is -0.377 e. The zero-order valence-electron chi connectivity index (χ0n) is 7.37. The lowest BCUT2D eigenvalue weighted by molar-refractivity contribution is 0.193. The number of hydrogen-bond donors (Lipinski definition) is 0. The van der Waals surface area contributed by atoms with Gasteiger partial charge in [-0.15, -0.1) is 0 Å². The maximum Gasteiger partial charge on any atom is 0.0650 e. The molecule has 1 rings (SSSR count). The Bertz CT molecular complexity index is 281. The van der Waals surface area contributed by atoms with Crippen molar-refractivity contribution in [2.24, 2.45) is 0 Å². The van der Waals surface area contributed by atoms with Crippen LogP contribution in [0.5, 0.6) is 0 Å². The van der Waals surface area contributed by atoms with Crippen LogP contribution in [0, 0.1) is 6.92 Å². The van der Waals surface area contributed by atoms with Crippen LogP contribution in [-0.2, 0) is 4.74 Å². The first-order valence-corrected chi connectivity index (χ1v) is 4.50. The third-order valence-corrected chi connectivity index (χ3v) is 1.75. The van der Waals surface area contributed by atoms with Crippen LogP contribution in [0.15, 0.2) is 30.3 Å². The van der Waals surface area contributed by atoms with E-state index in [-0.39, 0.29) is 0 Å². The number of halogens is 1. The summed E-state index contributed by atoms with van der Waals surface area (Å²) in [7, 11) is 0. The summed E-state index contributed by atoms with van der Waals surface area (Å²) in [6.07, 6.45) is 3.92. The van der Waals surface area contributed by atoms with Crippen molar-refractivity contribution in [2.45, 2.75) is 0 Å². The van der Waals surface area contributed by atoms with E-state index in [0.29, 0.717) is 13.2 Å². The van der Waals surface area contributed by atoms with E-state index in [0.717, 1.165) is 10.6 Å². The summed E-state index contributed by atoms with van der Waals surface area (Å²) in [5.41, 5.74) is 1.08. The third-order valence-electron chi connectivity index (χ3n) is 1.52. The molecule has 13 heavy (non-hydrogen) atoms. The fraction of sp³-hybridized carbons (Fsp3) is 0.182. The van der Waals surface area contributed by atoms with Gasteiger partial charge < -0.3 is 4.74 Å². The maximum atomic E-state index is 5.81. The van der Waals surface area contributed by atoms with Crippen LogP contribution in [0.4, 0.5) is 0 Å². The van der Waals surface area contributed by atoms with Crippen LogP contribution in [-0.4, -0.2) is 13.2 Å². The van der Waals surface area contributed by atoms with Crippen LogP contribution in [0.25, 0.3) is 6.08 Å². The monoisotopic (exact) mass is 195 g/mol. The van der Waals surface area contributed by atoms with E-state index in [9.17, 15) is 0 Å². The summed E-state index contributed by atoms with van der Waals surface area (Å²) in [4.78, 5) is 0. The van der Waals surface area contributed by atoms with Crippen LogP contribution in [0.2, 0.25) is 5.02 Å². The summed E-state index contributed by atoms with van der Waals surface area (Å²) in [6, 6.07) is 7.67. The molecule has 0 amide bonds. The first-order valence-electron chi connectivity index (χ1n) is 4.12. The molecule has 0 aromatic heterocycles. The van der Waals surface area contributed by atoms with Crippen LogP contribution >= 0.6 is 11.6 Å². The zero-order valence-corrected chi connectivity index (χ0v) is 8.13. The van der Waals surface area contributed by atoms with Crippen molar-refractivity contribution in [3.8, 4) is 0 Å². The van der Waals surface area contributed by atoms with Crippen molar-refractivity contribution in [3.05, 3.63) is 47.9 Å². The van der Waals surface area contributed by atoms with Gasteiger partial charge in [0.15, 0.2) is 0 Å². The van der Waals surface area contributed by atoms with Crippen LogP contribution < -0.4 is 0 Å². The average molecular weight is 196 g/mol. The SMILES string of the molecule is [CH2]COC/C=C/c1cccc(Cl)c1. The molecule has 0 aliphatic rings. The van der Waals surface area contributed by atoms with Gasteiger partial charge in [0, 0.05) is 11.6 Å². The minimum absolute atomic E-state index is 0.500. The highest BCUT2D eigenvalue weighted by Crippen LogP contribution is 2.11. The first kappa shape index (κ1) is 10.3. The number of benzene rings is 1. The normalized spacial score (nSPS) is 10.9. The minimum atomic E-state index is 0.500. The predicted molar refractivity (Wildman–Crippen MR) is 56.7 cm³/mol. The number of ether oxygens (including phenoxy) is 1. The van der Waals surface area contributed by atoms with Gasteiger partial charge in [-0.3, -0.25) is 0 Å². The van der Waals surface area contributed by atoms with E-state index >= 15 is 0 Å². The highest BCUT2D eigenvalue weighted by Gasteiger charge is 1.87. The summed E-state index contributed by atoms with van der Waals surface area (Å²) < 4.78 is 5.05. The molecule has 1 aromatic rings. The van der Waals surface area contributed by atoms with E-state index < -0.39 is 0 Å². The molecule has 1 radical (unpaired) electrons. The Morgan fingerprint density at radius 3 is 3.00 bits per heavy atom. The largest absolute Gasteiger partial charge is 0.377 e. The van der Waals surface area contributed by atoms with E-state index in [1.807, 2.05) is 36.4 Å². The second-order valence-electron chi connectivity index (χ2n) is 2.53. The zero-order chi connectivity index (χ0) is 9.52. The van der Waals surface area contributed by atoms with Gasteiger partial charge in [0.05, 0.1) is 6.61 Å². The van der Waals surface area contributed by atoms with Gasteiger partial charge in [0.25, 0.3) is 0 Å². The van der Waals surface area contributed by atoms with Gasteiger partial charge in [-0.2, -0.15) is 0 Å². The topological polar surface area (TPSA) is 9.23 Å². The molecule has 2 heteroatoms. The smallest absolute Gasteiger partial charge is 0.0650 e. The Morgan fingerprint density at radius 2 is 2.31 bits per heavy atom. The molecule has 0 unspecified atom stereocenters. The number of rotatable bonds is 4. The van der Waals surface area contributed by atoms with Gasteiger partial charge in [0.1, 0.15) is 0 Å². The van der Waals surface area contributed by atoms with Crippen molar-refractivity contribution < 1.29 is 4.74 Å². The summed E-state index contributed by atoms with van der Waals surface area (Å²) in [5.74, 6) is 0. The van der Waals surface area contributed by atoms with E-state index in [1.54, 1.807) is 0 Å². The second-order valence-corrected chi connectivity index (χ2v) is 2.97. The molecule has 0 aliphatic heterocycles. The highest BCUT2D eigenvalue weighted by atomic mass is 35.5. The van der Waals surface area contributed by atoms with Gasteiger partial charge in [-0.05, 0) is 24.6 Å². The summed E-state index contributed by atoms with van der Waals surface area (Å²) in [5, 5.41) is 0.750. The van der Waals surface area contributed by atoms with E-state index in [2.05, 4.69) is 6.92 Å². The van der Waals surface area contributed by atoms with Crippen LogP contribution in [0.3, 0.4) is 0 Å². The van der Waals surface area contributed by atoms with Gasteiger partial charge in [0.2, 0.25) is 0 Å².